The number of hydrogen-bond donors (Lipinski definition) is 1. The third-order valence-electron chi connectivity index (χ3n) is 7.62. The fourth-order valence-corrected chi connectivity index (χ4v) is 5.53. The molecular weight excluding hydrogens is 484 g/mol. The second-order valence-electron chi connectivity index (χ2n) is 9.99. The highest BCUT2D eigenvalue weighted by Gasteiger charge is 2.61. The maximum Gasteiger partial charge on any atom is 0.320 e. The number of rotatable bonds is 8. The van der Waals surface area contributed by atoms with E-state index < -0.39 is 23.3 Å². The number of carbonyl (C=O) groups excluding carboxylic acids is 1. The average Bonchev–Trinajstić information content (AvgIpc) is 3.43. The van der Waals surface area contributed by atoms with Crippen LogP contribution in [0.3, 0.4) is 0 Å². The molecule has 2 bridgehead atoms. The predicted molar refractivity (Wildman–Crippen MR) is 143 cm³/mol. The average molecular weight is 519 g/mol. The molecule has 2 heterocycles. The number of aliphatic hydroxyl groups is 1. The van der Waals surface area contributed by atoms with Crippen molar-refractivity contribution in [3.8, 4) is 11.5 Å². The van der Waals surface area contributed by atoms with Gasteiger partial charge in [-0.25, -0.2) is 4.79 Å². The molecule has 0 aromatic heterocycles. The van der Waals surface area contributed by atoms with E-state index in [0.29, 0.717) is 0 Å². The molecular formula is C30H34N2O6. The highest BCUT2D eigenvalue weighted by Crippen LogP contribution is 2.45. The lowest BCUT2D eigenvalue weighted by atomic mass is 9.79. The van der Waals surface area contributed by atoms with E-state index in [1.54, 1.807) is 33.2 Å². The molecule has 2 aliphatic rings. The molecule has 5 rings (SSSR count). The van der Waals surface area contributed by atoms with Crippen molar-refractivity contribution in [2.75, 3.05) is 48.1 Å². The van der Waals surface area contributed by atoms with Crippen molar-refractivity contribution in [1.82, 2.24) is 9.80 Å². The minimum absolute atomic E-state index is 0.0643. The Morgan fingerprint density at radius 1 is 0.947 bits per heavy atom. The van der Waals surface area contributed by atoms with Gasteiger partial charge in [-0.15, -0.1) is 0 Å². The van der Waals surface area contributed by atoms with Gasteiger partial charge in [0.15, 0.2) is 0 Å². The Kier molecular flexibility index (Phi) is 7.05. The van der Waals surface area contributed by atoms with Crippen molar-refractivity contribution in [2.45, 2.75) is 23.3 Å². The van der Waals surface area contributed by atoms with Crippen LogP contribution in [-0.2, 0) is 15.1 Å². The Hall–Kier alpha value is -3.59. The number of fused-ring (bicyclic) bond motifs is 2. The maximum atomic E-state index is 12.8. The summed E-state index contributed by atoms with van der Waals surface area (Å²) in [7, 11) is 6.68. The number of morpholine rings is 1. The van der Waals surface area contributed by atoms with Crippen LogP contribution in [0.4, 0.5) is 4.79 Å². The highest BCUT2D eigenvalue weighted by molar-refractivity contribution is 5.75. The molecule has 8 heteroatoms. The molecule has 0 saturated carbocycles. The van der Waals surface area contributed by atoms with Gasteiger partial charge in [0.25, 0.3) is 0 Å². The lowest BCUT2D eigenvalue weighted by Gasteiger charge is -2.40. The smallest absolute Gasteiger partial charge is 0.320 e. The van der Waals surface area contributed by atoms with Gasteiger partial charge in [0, 0.05) is 14.1 Å². The molecule has 3 unspecified atom stereocenters. The zero-order valence-electron chi connectivity index (χ0n) is 22.2. The van der Waals surface area contributed by atoms with Crippen LogP contribution < -0.4 is 9.47 Å². The molecule has 0 radical (unpaired) electrons. The largest absolute Gasteiger partial charge is 0.497 e. The molecule has 0 aliphatic carbocycles. The van der Waals surface area contributed by atoms with Crippen LogP contribution in [-0.4, -0.2) is 86.8 Å². The molecule has 1 N–H and O–H groups in total. The second-order valence-corrected chi connectivity index (χ2v) is 9.99. The van der Waals surface area contributed by atoms with Gasteiger partial charge in [-0.3, -0.25) is 0 Å². The Balaban J connectivity index is 1.60. The summed E-state index contributed by atoms with van der Waals surface area (Å²) in [5.41, 5.74) is 0.586. The van der Waals surface area contributed by atoms with Crippen molar-refractivity contribution >= 4 is 6.03 Å². The standard InChI is InChI=1S/C30H34N2O6/c1-31(2)28(34)32-19-29(27(33)26(32)18-37-29)20-38-30(21-8-6-5-7-9-21,22-10-14-24(35-3)15-11-22)23-12-16-25(36-4)17-13-23/h5-17,26-27,33H,18-20H2,1-4H3. The minimum atomic E-state index is -1.05. The third-order valence-corrected chi connectivity index (χ3v) is 7.62. The molecule has 200 valence electrons. The molecule has 2 aliphatic heterocycles. The Bertz CT molecular complexity index is 1200. The number of hydrogen-bond acceptors (Lipinski definition) is 6. The van der Waals surface area contributed by atoms with Gasteiger partial charge < -0.3 is 33.9 Å². The minimum Gasteiger partial charge on any atom is -0.497 e. The first kappa shape index (κ1) is 26.0. The third kappa shape index (κ3) is 4.28. The summed E-state index contributed by atoms with van der Waals surface area (Å²) in [4.78, 5) is 16.0. The van der Waals surface area contributed by atoms with Gasteiger partial charge in [-0.2, -0.15) is 0 Å². The Labute approximate surface area is 223 Å². The second kappa shape index (κ2) is 10.3. The molecule has 2 saturated heterocycles. The number of amides is 2. The summed E-state index contributed by atoms with van der Waals surface area (Å²) in [6.07, 6.45) is -0.869. The zero-order chi connectivity index (χ0) is 26.9. The fourth-order valence-electron chi connectivity index (χ4n) is 5.53. The number of aliphatic hydroxyl groups excluding tert-OH is 1. The van der Waals surface area contributed by atoms with Gasteiger partial charge in [0.2, 0.25) is 0 Å². The number of carbonyl (C=O) groups is 1. The van der Waals surface area contributed by atoms with Crippen molar-refractivity contribution in [3.63, 3.8) is 0 Å². The topological polar surface area (TPSA) is 80.7 Å². The number of ether oxygens (including phenoxy) is 4. The maximum absolute atomic E-state index is 12.8. The van der Waals surface area contributed by atoms with Gasteiger partial charge in [0.1, 0.15) is 28.8 Å². The normalized spacial score (nSPS) is 22.4. The summed E-state index contributed by atoms with van der Waals surface area (Å²) in [5.74, 6) is 1.46. The summed E-state index contributed by atoms with van der Waals surface area (Å²) in [5, 5.41) is 11.3. The first-order chi connectivity index (χ1) is 18.3. The Morgan fingerprint density at radius 3 is 1.97 bits per heavy atom. The van der Waals surface area contributed by atoms with Gasteiger partial charge >= 0.3 is 6.03 Å². The monoisotopic (exact) mass is 518 g/mol. The van der Waals surface area contributed by atoms with E-state index in [2.05, 4.69) is 0 Å². The van der Waals surface area contributed by atoms with Gasteiger partial charge in [-0.1, -0.05) is 54.6 Å². The zero-order valence-corrected chi connectivity index (χ0v) is 22.2. The SMILES string of the molecule is COc1ccc(C(OCC23CN(C(=O)N(C)C)C(CO2)C3O)(c2ccccc2)c2ccc(OC)cc2)cc1. The number of methoxy groups -OCH3 is 2. The van der Waals surface area contributed by atoms with Crippen molar-refractivity contribution in [3.05, 3.63) is 95.6 Å². The van der Waals surface area contributed by atoms with E-state index >= 15 is 0 Å². The van der Waals surface area contributed by atoms with Gasteiger partial charge in [0.05, 0.1) is 40.0 Å². The molecule has 3 aromatic rings. The Morgan fingerprint density at radius 2 is 1.47 bits per heavy atom. The molecule has 8 nitrogen and oxygen atoms in total. The molecule has 2 fully saturated rings. The van der Waals surface area contributed by atoms with Crippen molar-refractivity contribution < 1.29 is 28.8 Å². The van der Waals surface area contributed by atoms with Crippen LogP contribution in [0, 0.1) is 0 Å². The highest BCUT2D eigenvalue weighted by atomic mass is 16.6. The van der Waals surface area contributed by atoms with Crippen LogP contribution in [0.15, 0.2) is 78.9 Å². The summed E-state index contributed by atoms with van der Waals surface area (Å²) in [6.45, 7) is 0.564. The van der Waals surface area contributed by atoms with E-state index in [9.17, 15) is 9.90 Å². The quantitative estimate of drug-likeness (QED) is 0.460. The van der Waals surface area contributed by atoms with Crippen LogP contribution in [0.1, 0.15) is 16.7 Å². The van der Waals surface area contributed by atoms with Crippen LogP contribution in [0.25, 0.3) is 0 Å². The van der Waals surface area contributed by atoms with Crippen molar-refractivity contribution in [2.24, 2.45) is 0 Å². The summed E-state index contributed by atoms with van der Waals surface area (Å²) >= 11 is 0. The van der Waals surface area contributed by atoms with E-state index in [1.165, 1.54) is 4.90 Å². The number of nitrogens with zero attached hydrogens (tertiary/aromatic N) is 2. The summed E-state index contributed by atoms with van der Waals surface area (Å²) < 4.78 is 24.0. The van der Waals surface area contributed by atoms with E-state index in [-0.39, 0.29) is 25.8 Å². The van der Waals surface area contributed by atoms with Crippen LogP contribution in [0.2, 0.25) is 0 Å². The summed E-state index contributed by atoms with van der Waals surface area (Å²) in [6, 6.07) is 25.0. The molecule has 38 heavy (non-hydrogen) atoms. The van der Waals surface area contributed by atoms with Crippen LogP contribution in [0.5, 0.6) is 11.5 Å². The lowest BCUT2D eigenvalue weighted by molar-refractivity contribution is -0.134. The van der Waals surface area contributed by atoms with E-state index in [4.69, 9.17) is 18.9 Å². The lowest BCUT2D eigenvalue weighted by Crippen LogP contribution is -2.52. The molecule has 3 aromatic carbocycles. The first-order valence-electron chi connectivity index (χ1n) is 12.6. The fraction of sp³-hybridized carbons (Fsp3) is 0.367. The van der Waals surface area contributed by atoms with E-state index in [1.807, 2.05) is 78.9 Å². The molecule has 2 amide bonds. The van der Waals surface area contributed by atoms with E-state index in [0.717, 1.165) is 28.2 Å². The van der Waals surface area contributed by atoms with Gasteiger partial charge in [-0.05, 0) is 41.0 Å². The predicted octanol–water partition coefficient (Wildman–Crippen LogP) is 3.51. The molecule has 0 spiro atoms. The first-order valence-corrected chi connectivity index (χ1v) is 12.6. The van der Waals surface area contributed by atoms with Crippen LogP contribution >= 0.6 is 0 Å². The number of urea groups is 1. The number of likely N-dealkylation sites (tertiary alicyclic amines) is 1. The van der Waals surface area contributed by atoms with Crippen molar-refractivity contribution in [1.29, 1.82) is 0 Å². The number of benzene rings is 3. The molecule has 3 atom stereocenters.